The molecule has 3 nitrogen and oxygen atoms in total. The highest BCUT2D eigenvalue weighted by Gasteiger charge is 2.15. The normalized spacial score (nSPS) is 10.8. The zero-order valence-electron chi connectivity index (χ0n) is 12.3. The van der Waals surface area contributed by atoms with E-state index in [9.17, 15) is 4.79 Å². The van der Waals surface area contributed by atoms with Crippen LogP contribution in [0.25, 0.3) is 11.3 Å². The Bertz CT molecular complexity index is 886. The van der Waals surface area contributed by atoms with E-state index in [4.69, 9.17) is 23.2 Å². The van der Waals surface area contributed by atoms with Gasteiger partial charge in [0.25, 0.3) is 5.91 Å². The summed E-state index contributed by atoms with van der Waals surface area (Å²) in [7, 11) is 0. The molecule has 0 spiro atoms. The number of halogens is 2. The summed E-state index contributed by atoms with van der Waals surface area (Å²) in [5.41, 5.74) is 3.19. The number of hydrogen-bond acceptors (Lipinski definition) is 4. The predicted octanol–water partition coefficient (Wildman–Crippen LogP) is 6.05. The van der Waals surface area contributed by atoms with Gasteiger partial charge in [-0.05, 0) is 37.6 Å². The van der Waals surface area contributed by atoms with Gasteiger partial charge in [-0.3, -0.25) is 10.1 Å². The van der Waals surface area contributed by atoms with Crippen LogP contribution >= 0.6 is 45.9 Å². The molecule has 0 fully saturated rings. The van der Waals surface area contributed by atoms with Crippen LogP contribution in [-0.2, 0) is 0 Å². The number of carbonyl (C=O) groups is 1. The lowest BCUT2D eigenvalue weighted by molar-refractivity contribution is 0.102. The molecule has 2 heterocycles. The van der Waals surface area contributed by atoms with Gasteiger partial charge in [-0.25, -0.2) is 4.98 Å². The van der Waals surface area contributed by atoms with Crippen molar-refractivity contribution in [2.75, 3.05) is 5.32 Å². The molecule has 1 aromatic carbocycles. The molecule has 7 heteroatoms. The minimum absolute atomic E-state index is 0.144. The van der Waals surface area contributed by atoms with Crippen LogP contribution in [-0.4, -0.2) is 10.9 Å². The first-order valence-corrected chi connectivity index (χ1v) is 9.24. The van der Waals surface area contributed by atoms with E-state index in [-0.39, 0.29) is 5.91 Å². The first-order valence-electron chi connectivity index (χ1n) is 6.72. The van der Waals surface area contributed by atoms with E-state index in [1.807, 2.05) is 30.7 Å². The maximum absolute atomic E-state index is 12.3. The number of carbonyl (C=O) groups excluding carboxylic acids is 1. The zero-order valence-corrected chi connectivity index (χ0v) is 15.5. The Hall–Kier alpha value is -1.40. The minimum Gasteiger partial charge on any atom is -0.298 e. The van der Waals surface area contributed by atoms with Gasteiger partial charge in [0.05, 0.1) is 16.3 Å². The number of rotatable bonds is 3. The summed E-state index contributed by atoms with van der Waals surface area (Å²) >= 11 is 15.0. The average molecular weight is 383 g/mol. The van der Waals surface area contributed by atoms with Crippen molar-refractivity contribution in [3.63, 3.8) is 0 Å². The molecule has 2 aromatic heterocycles. The number of aromatic nitrogens is 1. The molecule has 0 atom stereocenters. The van der Waals surface area contributed by atoms with Crippen molar-refractivity contribution in [3.05, 3.63) is 55.0 Å². The van der Waals surface area contributed by atoms with Crippen LogP contribution in [0.3, 0.4) is 0 Å². The van der Waals surface area contributed by atoms with Crippen LogP contribution in [0, 0.1) is 13.8 Å². The molecular weight excluding hydrogens is 371 g/mol. The summed E-state index contributed by atoms with van der Waals surface area (Å²) in [6.07, 6.45) is 0. The number of amides is 1. The fourth-order valence-electron chi connectivity index (χ4n) is 2.05. The molecular formula is C16H12Cl2N2OS2. The van der Waals surface area contributed by atoms with Crippen LogP contribution in [0.1, 0.15) is 20.8 Å². The highest BCUT2D eigenvalue weighted by molar-refractivity contribution is 7.14. The van der Waals surface area contributed by atoms with Crippen molar-refractivity contribution < 1.29 is 4.79 Å². The number of nitrogens with zero attached hydrogens (tertiary/aromatic N) is 1. The Balaban J connectivity index is 1.82. The summed E-state index contributed by atoms with van der Waals surface area (Å²) in [6, 6.07) is 5.25. The van der Waals surface area contributed by atoms with Gasteiger partial charge in [0.2, 0.25) is 0 Å². The fraction of sp³-hybridized carbons (Fsp3) is 0.125. The van der Waals surface area contributed by atoms with Crippen LogP contribution in [0.5, 0.6) is 0 Å². The van der Waals surface area contributed by atoms with Crippen LogP contribution in [0.2, 0.25) is 10.0 Å². The van der Waals surface area contributed by atoms with Crippen molar-refractivity contribution in [2.45, 2.75) is 13.8 Å². The standard InChI is InChI=1S/C16H12Cl2N2OS2/c1-8-9(2)22-6-12(8)15(21)20-16-19-14(7-23-16)11-4-3-10(17)5-13(11)18/h3-7H,1-2H3,(H,19,20,21). The summed E-state index contributed by atoms with van der Waals surface area (Å²) in [5, 5.41) is 8.21. The van der Waals surface area contributed by atoms with Gasteiger partial charge in [-0.2, -0.15) is 0 Å². The quantitative estimate of drug-likeness (QED) is 0.598. The molecule has 0 radical (unpaired) electrons. The van der Waals surface area contributed by atoms with E-state index < -0.39 is 0 Å². The number of hydrogen-bond donors (Lipinski definition) is 1. The Kier molecular flexibility index (Phi) is 4.73. The molecule has 0 saturated carbocycles. The van der Waals surface area contributed by atoms with E-state index in [1.54, 1.807) is 23.5 Å². The number of benzene rings is 1. The van der Waals surface area contributed by atoms with E-state index in [0.717, 1.165) is 16.0 Å². The SMILES string of the molecule is Cc1scc(C(=O)Nc2nc(-c3ccc(Cl)cc3Cl)cs2)c1C. The molecule has 0 aliphatic rings. The Morgan fingerprint density at radius 3 is 2.61 bits per heavy atom. The lowest BCUT2D eigenvalue weighted by atomic mass is 10.2. The molecule has 0 saturated heterocycles. The molecule has 0 bridgehead atoms. The lowest BCUT2D eigenvalue weighted by Gasteiger charge is -2.02. The van der Waals surface area contributed by atoms with Crippen LogP contribution < -0.4 is 5.32 Å². The smallest absolute Gasteiger partial charge is 0.258 e. The third-order valence-electron chi connectivity index (χ3n) is 3.46. The summed E-state index contributed by atoms with van der Waals surface area (Å²) in [4.78, 5) is 17.9. The Morgan fingerprint density at radius 1 is 1.17 bits per heavy atom. The predicted molar refractivity (Wildman–Crippen MR) is 99.3 cm³/mol. The average Bonchev–Trinajstić information content (AvgIpc) is 3.07. The number of thiophene rings is 1. The molecule has 1 N–H and O–H groups in total. The van der Waals surface area contributed by atoms with Crippen LogP contribution in [0.15, 0.2) is 29.0 Å². The number of anilines is 1. The molecule has 0 unspecified atom stereocenters. The van der Waals surface area contributed by atoms with E-state index in [2.05, 4.69) is 10.3 Å². The van der Waals surface area contributed by atoms with Gasteiger partial charge in [0.15, 0.2) is 5.13 Å². The third kappa shape index (κ3) is 3.43. The number of nitrogens with one attached hydrogen (secondary N) is 1. The Labute approximate surface area is 151 Å². The Morgan fingerprint density at radius 2 is 1.96 bits per heavy atom. The van der Waals surface area contributed by atoms with Crippen molar-refractivity contribution >= 4 is 56.9 Å². The maximum Gasteiger partial charge on any atom is 0.258 e. The van der Waals surface area contributed by atoms with Gasteiger partial charge in [-0.15, -0.1) is 22.7 Å². The van der Waals surface area contributed by atoms with Crippen molar-refractivity contribution in [1.29, 1.82) is 0 Å². The highest BCUT2D eigenvalue weighted by atomic mass is 35.5. The van der Waals surface area contributed by atoms with Gasteiger partial charge in [0.1, 0.15) is 0 Å². The lowest BCUT2D eigenvalue weighted by Crippen LogP contribution is -2.12. The molecule has 1 amide bonds. The number of aryl methyl sites for hydroxylation is 1. The summed E-state index contributed by atoms with van der Waals surface area (Å²) in [5.74, 6) is -0.144. The molecule has 3 aromatic rings. The van der Waals surface area contributed by atoms with E-state index in [1.165, 1.54) is 11.3 Å². The van der Waals surface area contributed by atoms with E-state index >= 15 is 0 Å². The molecule has 23 heavy (non-hydrogen) atoms. The van der Waals surface area contributed by atoms with E-state index in [0.29, 0.717) is 26.4 Å². The third-order valence-corrected chi connectivity index (χ3v) is 5.78. The van der Waals surface area contributed by atoms with Gasteiger partial charge < -0.3 is 0 Å². The number of thiazole rings is 1. The second kappa shape index (κ2) is 6.61. The van der Waals surface area contributed by atoms with Crippen molar-refractivity contribution in [2.24, 2.45) is 0 Å². The summed E-state index contributed by atoms with van der Waals surface area (Å²) < 4.78 is 0. The topological polar surface area (TPSA) is 42.0 Å². The van der Waals surface area contributed by atoms with Crippen molar-refractivity contribution in [1.82, 2.24) is 4.98 Å². The van der Waals surface area contributed by atoms with Crippen molar-refractivity contribution in [3.8, 4) is 11.3 Å². The highest BCUT2D eigenvalue weighted by Crippen LogP contribution is 2.32. The fourth-order valence-corrected chi connectivity index (χ4v) is 4.13. The largest absolute Gasteiger partial charge is 0.298 e. The summed E-state index contributed by atoms with van der Waals surface area (Å²) in [6.45, 7) is 3.95. The van der Waals surface area contributed by atoms with Gasteiger partial charge >= 0.3 is 0 Å². The zero-order chi connectivity index (χ0) is 16.6. The molecule has 3 rings (SSSR count). The second-order valence-electron chi connectivity index (χ2n) is 4.95. The molecule has 118 valence electrons. The maximum atomic E-state index is 12.3. The second-order valence-corrected chi connectivity index (χ2v) is 7.73. The first-order chi connectivity index (χ1) is 11.0. The van der Waals surface area contributed by atoms with Gasteiger partial charge in [-0.1, -0.05) is 23.2 Å². The minimum atomic E-state index is -0.144. The first kappa shape index (κ1) is 16.5. The van der Waals surface area contributed by atoms with Gasteiger partial charge in [0, 0.05) is 26.2 Å². The van der Waals surface area contributed by atoms with Crippen LogP contribution in [0.4, 0.5) is 5.13 Å². The molecule has 0 aliphatic carbocycles. The molecule has 0 aliphatic heterocycles. The monoisotopic (exact) mass is 382 g/mol.